The monoisotopic (exact) mass is 387 g/mol. The van der Waals surface area contributed by atoms with Crippen molar-refractivity contribution in [2.45, 2.75) is 6.54 Å². The normalized spacial score (nSPS) is 15.0. The molecule has 8 nitrogen and oxygen atoms in total. The standard InChI is InChI=1S/C17H14FN5O3S/c1-26-22-15-12-7-10(18)3-5-14(12)23-16(15)21-13-4-2-9(8-20-27(19)25)6-11(13)17(23)24/h2-7,20H,8,19H2,1H3/b22-15-. The van der Waals surface area contributed by atoms with Gasteiger partial charge in [-0.25, -0.2) is 23.4 Å². The van der Waals surface area contributed by atoms with Gasteiger partial charge in [0.2, 0.25) is 0 Å². The molecule has 0 saturated heterocycles. The molecule has 27 heavy (non-hydrogen) atoms. The number of halogens is 1. The van der Waals surface area contributed by atoms with E-state index >= 15 is 0 Å². The Morgan fingerprint density at radius 3 is 2.89 bits per heavy atom. The summed E-state index contributed by atoms with van der Waals surface area (Å²) in [6.45, 7) is 0.235. The third-order valence-electron chi connectivity index (χ3n) is 4.20. The Labute approximate surface area is 155 Å². The average Bonchev–Trinajstić information content (AvgIpc) is 2.94. The van der Waals surface area contributed by atoms with Crippen LogP contribution in [-0.2, 0) is 22.6 Å². The highest BCUT2D eigenvalue weighted by Gasteiger charge is 2.29. The SMILES string of the molecule is CO/N=C1/c2cc(F)ccc2-n2c1nc1ccc(CNS(N)=O)cc1c2=O. The number of nitrogens with one attached hydrogen (secondary N) is 1. The molecule has 1 aliphatic rings. The summed E-state index contributed by atoms with van der Waals surface area (Å²) in [6.07, 6.45) is 0. The number of nitrogens with zero attached hydrogens (tertiary/aromatic N) is 3. The maximum Gasteiger partial charge on any atom is 0.266 e. The van der Waals surface area contributed by atoms with E-state index in [-0.39, 0.29) is 23.6 Å². The molecule has 1 aromatic heterocycles. The van der Waals surface area contributed by atoms with Crippen molar-refractivity contribution < 1.29 is 13.4 Å². The molecular formula is C17H14FN5O3S. The fourth-order valence-corrected chi connectivity index (χ4v) is 3.38. The van der Waals surface area contributed by atoms with E-state index in [4.69, 9.17) is 9.98 Å². The minimum Gasteiger partial charge on any atom is -0.399 e. The van der Waals surface area contributed by atoms with Crippen molar-refractivity contribution in [3.63, 3.8) is 0 Å². The number of hydrogen-bond donors (Lipinski definition) is 2. The molecule has 0 radical (unpaired) electrons. The minimum absolute atomic E-state index is 0.235. The molecule has 138 valence electrons. The van der Waals surface area contributed by atoms with E-state index in [2.05, 4.69) is 14.9 Å². The summed E-state index contributed by atoms with van der Waals surface area (Å²) in [5.41, 5.74) is 2.06. The van der Waals surface area contributed by atoms with Gasteiger partial charge in [0.05, 0.1) is 16.6 Å². The highest BCUT2D eigenvalue weighted by atomic mass is 32.2. The van der Waals surface area contributed by atoms with Crippen LogP contribution in [0.4, 0.5) is 4.39 Å². The van der Waals surface area contributed by atoms with Crippen molar-refractivity contribution in [2.75, 3.05) is 7.11 Å². The maximum absolute atomic E-state index is 13.7. The molecule has 2 heterocycles. The van der Waals surface area contributed by atoms with Crippen LogP contribution < -0.4 is 15.4 Å². The molecule has 2 aromatic carbocycles. The maximum atomic E-state index is 13.7. The van der Waals surface area contributed by atoms with Crippen LogP contribution in [0.3, 0.4) is 0 Å². The van der Waals surface area contributed by atoms with Crippen molar-refractivity contribution >= 4 is 27.8 Å². The second-order valence-electron chi connectivity index (χ2n) is 5.83. The Balaban J connectivity index is 1.96. The third kappa shape index (κ3) is 2.93. The number of fused-ring (bicyclic) bond motifs is 4. The molecule has 1 aliphatic heterocycles. The first-order valence-electron chi connectivity index (χ1n) is 7.87. The molecule has 1 unspecified atom stereocenters. The minimum atomic E-state index is -1.66. The summed E-state index contributed by atoms with van der Waals surface area (Å²) >= 11 is -1.66. The van der Waals surface area contributed by atoms with Gasteiger partial charge < -0.3 is 4.84 Å². The van der Waals surface area contributed by atoms with Crippen molar-refractivity contribution in [1.29, 1.82) is 0 Å². The molecule has 0 amide bonds. The lowest BCUT2D eigenvalue weighted by Gasteiger charge is -2.08. The Hall–Kier alpha value is -2.95. The first kappa shape index (κ1) is 17.5. The van der Waals surface area contributed by atoms with Gasteiger partial charge in [0.1, 0.15) is 12.9 Å². The Morgan fingerprint density at radius 2 is 2.15 bits per heavy atom. The summed E-state index contributed by atoms with van der Waals surface area (Å²) < 4.78 is 28.7. The van der Waals surface area contributed by atoms with E-state index in [1.807, 2.05) is 0 Å². The number of hydrogen-bond acceptors (Lipinski definition) is 5. The van der Waals surface area contributed by atoms with Crippen LogP contribution in [0, 0.1) is 5.82 Å². The van der Waals surface area contributed by atoms with Gasteiger partial charge in [0, 0.05) is 12.1 Å². The smallest absolute Gasteiger partial charge is 0.266 e. The van der Waals surface area contributed by atoms with Crippen LogP contribution in [0.1, 0.15) is 17.0 Å². The highest BCUT2D eigenvalue weighted by molar-refractivity contribution is 7.80. The molecule has 1 atom stereocenters. The van der Waals surface area contributed by atoms with Crippen LogP contribution in [0.15, 0.2) is 46.3 Å². The van der Waals surface area contributed by atoms with Gasteiger partial charge in [-0.1, -0.05) is 11.2 Å². The van der Waals surface area contributed by atoms with Crippen molar-refractivity contribution in [1.82, 2.24) is 14.3 Å². The fourth-order valence-electron chi connectivity index (χ4n) is 3.07. The van der Waals surface area contributed by atoms with Crippen LogP contribution in [0.5, 0.6) is 0 Å². The number of benzene rings is 2. The summed E-state index contributed by atoms with van der Waals surface area (Å²) in [5, 5.41) is 9.49. The van der Waals surface area contributed by atoms with Crippen molar-refractivity contribution in [3.8, 4) is 5.69 Å². The average molecular weight is 387 g/mol. The molecule has 10 heteroatoms. The molecule has 3 N–H and O–H groups in total. The molecular weight excluding hydrogens is 373 g/mol. The van der Waals surface area contributed by atoms with Gasteiger partial charge in [-0.2, -0.15) is 0 Å². The molecule has 3 aromatic rings. The van der Waals surface area contributed by atoms with Crippen molar-refractivity contribution in [3.05, 3.63) is 69.5 Å². The number of oxime groups is 1. The molecule has 0 bridgehead atoms. The predicted molar refractivity (Wildman–Crippen MR) is 99.1 cm³/mol. The fraction of sp³-hybridized carbons (Fsp3) is 0.118. The second kappa shape index (κ2) is 6.65. The summed E-state index contributed by atoms with van der Waals surface area (Å²) in [5.74, 6) is -0.171. The summed E-state index contributed by atoms with van der Waals surface area (Å²) in [4.78, 5) is 22.5. The van der Waals surface area contributed by atoms with E-state index in [9.17, 15) is 13.4 Å². The lowest BCUT2D eigenvalue weighted by Crippen LogP contribution is -2.24. The van der Waals surface area contributed by atoms with E-state index in [0.29, 0.717) is 22.2 Å². The summed E-state index contributed by atoms with van der Waals surface area (Å²) in [6, 6.07) is 9.16. The molecule has 0 spiro atoms. The summed E-state index contributed by atoms with van der Waals surface area (Å²) in [7, 11) is 1.37. The lowest BCUT2D eigenvalue weighted by atomic mass is 10.1. The first-order chi connectivity index (χ1) is 13.0. The Morgan fingerprint density at radius 1 is 1.33 bits per heavy atom. The molecule has 0 aliphatic carbocycles. The third-order valence-corrected chi connectivity index (χ3v) is 4.63. The zero-order valence-electron chi connectivity index (χ0n) is 14.1. The largest absolute Gasteiger partial charge is 0.399 e. The van der Waals surface area contributed by atoms with Crippen LogP contribution in [0.25, 0.3) is 16.6 Å². The van der Waals surface area contributed by atoms with Crippen LogP contribution in [-0.4, -0.2) is 26.6 Å². The second-order valence-corrected chi connectivity index (χ2v) is 6.71. The van der Waals surface area contributed by atoms with E-state index in [1.165, 1.54) is 29.9 Å². The predicted octanol–water partition coefficient (Wildman–Crippen LogP) is 0.864. The number of nitrogens with two attached hydrogens (primary N) is 1. The first-order valence-corrected chi connectivity index (χ1v) is 9.08. The highest BCUT2D eigenvalue weighted by Crippen LogP contribution is 2.28. The van der Waals surface area contributed by atoms with Gasteiger partial charge in [-0.15, -0.1) is 0 Å². The van der Waals surface area contributed by atoms with Crippen LogP contribution in [0.2, 0.25) is 0 Å². The van der Waals surface area contributed by atoms with Crippen molar-refractivity contribution in [2.24, 2.45) is 10.3 Å². The Kier molecular flexibility index (Phi) is 4.30. The van der Waals surface area contributed by atoms with Gasteiger partial charge in [-0.3, -0.25) is 9.36 Å². The molecule has 4 rings (SSSR count). The van der Waals surface area contributed by atoms with Gasteiger partial charge in [0.15, 0.2) is 22.7 Å². The van der Waals surface area contributed by atoms with E-state index < -0.39 is 17.0 Å². The van der Waals surface area contributed by atoms with E-state index in [1.54, 1.807) is 18.2 Å². The topological polar surface area (TPSA) is 112 Å². The lowest BCUT2D eigenvalue weighted by molar-refractivity contribution is 0.214. The van der Waals surface area contributed by atoms with Gasteiger partial charge in [0.25, 0.3) is 5.56 Å². The van der Waals surface area contributed by atoms with Gasteiger partial charge >= 0.3 is 0 Å². The molecule has 0 fully saturated rings. The van der Waals surface area contributed by atoms with Gasteiger partial charge in [-0.05, 0) is 35.9 Å². The van der Waals surface area contributed by atoms with Crippen LogP contribution >= 0.6 is 0 Å². The number of rotatable bonds is 4. The molecule has 0 saturated carbocycles. The zero-order chi connectivity index (χ0) is 19.1. The number of aromatic nitrogens is 2. The zero-order valence-corrected chi connectivity index (χ0v) is 14.9. The Bertz CT molecular complexity index is 1190. The van der Waals surface area contributed by atoms with E-state index in [0.717, 1.165) is 5.56 Å². The quantitative estimate of drug-likeness (QED) is 0.506.